The first kappa shape index (κ1) is 27.1. The van der Waals surface area contributed by atoms with E-state index >= 15 is 0 Å². The first-order valence-corrected chi connectivity index (χ1v) is 12.5. The average molecular weight is 553 g/mol. The number of amides is 1. The van der Waals surface area contributed by atoms with Crippen molar-refractivity contribution in [3.8, 4) is 11.3 Å². The highest BCUT2D eigenvalue weighted by Crippen LogP contribution is 2.57. The second kappa shape index (κ2) is 9.32. The Balaban J connectivity index is 1.50. The van der Waals surface area contributed by atoms with E-state index in [0.29, 0.717) is 35.4 Å². The molecule has 1 saturated carbocycles. The molecule has 40 heavy (non-hydrogen) atoms. The molecule has 0 saturated heterocycles. The van der Waals surface area contributed by atoms with Gasteiger partial charge in [-0.1, -0.05) is 32.9 Å². The van der Waals surface area contributed by atoms with Crippen LogP contribution in [0.1, 0.15) is 55.4 Å². The number of carbonyl (C=O) groups excluding carboxylic acids is 1. The number of aromatic nitrogens is 4. The van der Waals surface area contributed by atoms with Crippen molar-refractivity contribution >= 4 is 29.0 Å². The number of alkyl halides is 3. The highest BCUT2D eigenvalue weighted by molar-refractivity contribution is 6.04. The van der Waals surface area contributed by atoms with Crippen molar-refractivity contribution in [1.82, 2.24) is 19.4 Å². The molecule has 5 rings (SSSR count). The van der Waals surface area contributed by atoms with Gasteiger partial charge in [-0.2, -0.15) is 13.2 Å². The molecule has 2 atom stereocenters. The Kier molecular flexibility index (Phi) is 6.31. The summed E-state index contributed by atoms with van der Waals surface area (Å²) in [5.74, 6) is -1.34. The molecule has 1 aliphatic carbocycles. The highest BCUT2D eigenvalue weighted by Gasteiger charge is 2.57. The van der Waals surface area contributed by atoms with E-state index in [1.165, 1.54) is 12.1 Å². The first-order valence-electron chi connectivity index (χ1n) is 12.5. The van der Waals surface area contributed by atoms with Gasteiger partial charge in [0.25, 0.3) is 5.91 Å². The van der Waals surface area contributed by atoms with Crippen LogP contribution in [0.25, 0.3) is 16.8 Å². The molecule has 12 heteroatoms. The number of halogens is 3. The number of carbonyl (C=O) groups is 2. The van der Waals surface area contributed by atoms with Gasteiger partial charge in [0.05, 0.1) is 11.5 Å². The van der Waals surface area contributed by atoms with Gasteiger partial charge in [0.15, 0.2) is 0 Å². The summed E-state index contributed by atoms with van der Waals surface area (Å²) in [4.78, 5) is 37.7. The quantitative estimate of drug-likeness (QED) is 0.301. The van der Waals surface area contributed by atoms with Crippen LogP contribution in [-0.2, 0) is 16.4 Å². The summed E-state index contributed by atoms with van der Waals surface area (Å²) in [6.07, 6.45) is 0.844. The third kappa shape index (κ3) is 4.33. The summed E-state index contributed by atoms with van der Waals surface area (Å²) >= 11 is 0. The second-order valence-corrected chi connectivity index (χ2v) is 10.8. The number of imidazole rings is 1. The number of nitrogens with zero attached hydrogens (tertiary/aromatic N) is 4. The molecule has 0 aliphatic heterocycles. The molecular weight excluding hydrogens is 525 g/mol. The molecule has 1 aromatic carbocycles. The van der Waals surface area contributed by atoms with Crippen LogP contribution >= 0.6 is 0 Å². The lowest BCUT2D eigenvalue weighted by Crippen LogP contribution is -2.41. The Morgan fingerprint density at radius 3 is 2.42 bits per heavy atom. The van der Waals surface area contributed by atoms with Crippen molar-refractivity contribution in [2.75, 3.05) is 11.1 Å². The summed E-state index contributed by atoms with van der Waals surface area (Å²) in [5.41, 5.74) is 6.05. The van der Waals surface area contributed by atoms with E-state index < -0.39 is 40.4 Å². The summed E-state index contributed by atoms with van der Waals surface area (Å²) < 4.78 is 40.9. The van der Waals surface area contributed by atoms with Crippen LogP contribution in [0.4, 0.5) is 24.8 Å². The maximum Gasteiger partial charge on any atom is 0.416 e. The topological polar surface area (TPSA) is 135 Å². The van der Waals surface area contributed by atoms with Crippen LogP contribution in [-0.4, -0.2) is 36.3 Å². The van der Waals surface area contributed by atoms with Crippen LogP contribution in [0.15, 0.2) is 55.0 Å². The van der Waals surface area contributed by atoms with Gasteiger partial charge in [-0.15, -0.1) is 0 Å². The number of hydrogen-bond acceptors (Lipinski definition) is 6. The van der Waals surface area contributed by atoms with E-state index in [1.807, 2.05) is 25.2 Å². The Morgan fingerprint density at radius 2 is 1.80 bits per heavy atom. The zero-order valence-electron chi connectivity index (χ0n) is 22.0. The predicted octanol–water partition coefficient (Wildman–Crippen LogP) is 5.42. The second-order valence-electron chi connectivity index (χ2n) is 10.8. The maximum absolute atomic E-state index is 13.0. The average Bonchev–Trinajstić information content (AvgIpc) is 3.40. The smallest absolute Gasteiger partial charge is 0.416 e. The molecule has 4 aromatic rings. The Morgan fingerprint density at radius 1 is 1.10 bits per heavy atom. The van der Waals surface area contributed by atoms with Gasteiger partial charge in [-0.05, 0) is 42.5 Å². The first-order chi connectivity index (χ1) is 18.7. The number of carboxylic acid groups (broad SMARTS) is 1. The Hall–Kier alpha value is -4.48. The van der Waals surface area contributed by atoms with Crippen molar-refractivity contribution in [3.05, 3.63) is 71.9 Å². The van der Waals surface area contributed by atoms with Gasteiger partial charge >= 0.3 is 12.1 Å². The fraction of sp³-hybridized carbons (Fsp3) is 0.321. The molecule has 1 amide bonds. The number of nitrogens with two attached hydrogens (primary N) is 1. The van der Waals surface area contributed by atoms with Crippen LogP contribution in [0, 0.1) is 11.3 Å². The highest BCUT2D eigenvalue weighted by atomic mass is 19.4. The molecule has 208 valence electrons. The third-order valence-corrected chi connectivity index (χ3v) is 8.35. The molecule has 3 aromatic heterocycles. The number of aliphatic carboxylic acids is 1. The monoisotopic (exact) mass is 552 g/mol. The lowest BCUT2D eigenvalue weighted by Gasteiger charge is -2.39. The summed E-state index contributed by atoms with van der Waals surface area (Å²) in [5, 5.41) is 12.2. The van der Waals surface area contributed by atoms with Crippen molar-refractivity contribution in [1.29, 1.82) is 0 Å². The molecular formula is C28H27F3N6O3. The minimum Gasteiger partial charge on any atom is -0.481 e. The van der Waals surface area contributed by atoms with E-state index in [-0.39, 0.29) is 17.2 Å². The van der Waals surface area contributed by atoms with E-state index in [9.17, 15) is 27.9 Å². The maximum atomic E-state index is 13.0. The number of pyridine rings is 1. The molecule has 1 fully saturated rings. The van der Waals surface area contributed by atoms with Gasteiger partial charge in [-0.25, -0.2) is 15.0 Å². The summed E-state index contributed by atoms with van der Waals surface area (Å²) in [7, 11) is 0. The Bertz CT molecular complexity index is 1630. The fourth-order valence-electron chi connectivity index (χ4n) is 5.63. The van der Waals surface area contributed by atoms with Gasteiger partial charge in [-0.3, -0.25) is 14.0 Å². The lowest BCUT2D eigenvalue weighted by atomic mass is 9.65. The van der Waals surface area contributed by atoms with Gasteiger partial charge < -0.3 is 16.2 Å². The van der Waals surface area contributed by atoms with Crippen LogP contribution < -0.4 is 11.1 Å². The number of nitrogens with one attached hydrogen (secondary N) is 1. The van der Waals surface area contributed by atoms with Crippen molar-refractivity contribution < 1.29 is 27.9 Å². The van der Waals surface area contributed by atoms with Crippen LogP contribution in [0.5, 0.6) is 0 Å². The zero-order valence-corrected chi connectivity index (χ0v) is 22.0. The molecule has 0 unspecified atom stereocenters. The minimum absolute atomic E-state index is 0.200. The van der Waals surface area contributed by atoms with Crippen molar-refractivity contribution in [2.24, 2.45) is 11.3 Å². The minimum atomic E-state index is -4.56. The molecule has 3 heterocycles. The molecule has 0 bridgehead atoms. The molecule has 1 aliphatic rings. The van der Waals surface area contributed by atoms with E-state index in [2.05, 4.69) is 15.3 Å². The number of anilines is 2. The number of nitrogen functional groups attached to an aromatic ring is 1. The van der Waals surface area contributed by atoms with Crippen molar-refractivity contribution in [2.45, 2.75) is 45.2 Å². The number of benzene rings is 1. The lowest BCUT2D eigenvalue weighted by molar-refractivity contribution is -0.145. The van der Waals surface area contributed by atoms with E-state index in [1.54, 1.807) is 24.5 Å². The SMILES string of the molecule is CC1(C)[C@H](C(=O)O)CC[C@@]1(C)c1nc(-c2ccc(C(=O)Nc3cc(C(F)(F)F)ccn3)cc2)c2c(N)nccn12. The van der Waals surface area contributed by atoms with Crippen LogP contribution in [0.2, 0.25) is 0 Å². The van der Waals surface area contributed by atoms with Crippen molar-refractivity contribution in [3.63, 3.8) is 0 Å². The predicted molar refractivity (Wildman–Crippen MR) is 142 cm³/mol. The summed E-state index contributed by atoms with van der Waals surface area (Å²) in [6, 6.07) is 7.96. The number of fused-ring (bicyclic) bond motifs is 1. The number of rotatable bonds is 5. The number of hydrogen-bond donors (Lipinski definition) is 3. The normalized spacial score (nSPS) is 20.5. The number of carboxylic acids is 1. The van der Waals surface area contributed by atoms with Crippen LogP contribution in [0.3, 0.4) is 0 Å². The zero-order chi connectivity index (χ0) is 29.0. The summed E-state index contributed by atoms with van der Waals surface area (Å²) in [6.45, 7) is 5.90. The standard InChI is InChI=1S/C28H27F3N6O3/c1-26(2)18(24(39)40)8-10-27(26,3)25-36-20(21-22(32)34-12-13-37(21)25)15-4-6-16(7-5-15)23(38)35-19-14-17(9-11-33-19)28(29,30)31/h4-7,9,11-14,18H,8,10H2,1-3H3,(H2,32,34)(H,39,40)(H,33,35,38)/t18-,27-/m0/s1. The fourth-order valence-corrected chi connectivity index (χ4v) is 5.63. The van der Waals surface area contributed by atoms with Gasteiger partial charge in [0.2, 0.25) is 0 Å². The Labute approximate surface area is 227 Å². The van der Waals surface area contributed by atoms with Gasteiger partial charge in [0, 0.05) is 35.1 Å². The molecule has 0 radical (unpaired) electrons. The van der Waals surface area contributed by atoms with E-state index in [4.69, 9.17) is 10.7 Å². The molecule has 0 spiro atoms. The largest absolute Gasteiger partial charge is 0.481 e. The molecule has 4 N–H and O–H groups in total. The van der Waals surface area contributed by atoms with E-state index in [0.717, 1.165) is 18.3 Å². The third-order valence-electron chi connectivity index (χ3n) is 8.35. The molecule has 9 nitrogen and oxygen atoms in total. The van der Waals surface area contributed by atoms with Gasteiger partial charge in [0.1, 0.15) is 28.7 Å².